The van der Waals surface area contributed by atoms with E-state index in [1.54, 1.807) is 38.3 Å². The number of benzene rings is 3. The quantitative estimate of drug-likeness (QED) is 0.242. The summed E-state index contributed by atoms with van der Waals surface area (Å²) in [4.78, 5) is 13.5. The lowest BCUT2D eigenvalue weighted by Crippen LogP contribution is -2.22. The van der Waals surface area contributed by atoms with Crippen LogP contribution in [0.1, 0.15) is 46.9 Å². The smallest absolute Gasteiger partial charge is 0.261 e. The molecular formula is C32H34N4O5. The minimum atomic E-state index is -0.408. The zero-order chi connectivity index (χ0) is 28.9. The third-order valence-electron chi connectivity index (χ3n) is 7.03. The predicted octanol–water partition coefficient (Wildman–Crippen LogP) is 6.18. The molecule has 3 aromatic carbocycles. The number of methoxy groups -OCH3 is 3. The Morgan fingerprint density at radius 3 is 2.24 bits per heavy atom. The average Bonchev–Trinajstić information content (AvgIpc) is 3.45. The second-order valence-corrected chi connectivity index (χ2v) is 9.41. The second kappa shape index (κ2) is 12.1. The van der Waals surface area contributed by atoms with Crippen LogP contribution in [0.3, 0.4) is 0 Å². The van der Waals surface area contributed by atoms with Gasteiger partial charge in [-0.05, 0) is 60.9 Å². The van der Waals surface area contributed by atoms with Crippen molar-refractivity contribution in [3.63, 3.8) is 0 Å². The normalized spacial score (nSPS) is 13.9. The molecule has 2 N–H and O–H groups in total. The van der Waals surface area contributed by atoms with Gasteiger partial charge in [-0.1, -0.05) is 31.2 Å². The van der Waals surface area contributed by atoms with Crippen LogP contribution in [0.5, 0.6) is 23.0 Å². The van der Waals surface area contributed by atoms with Crippen LogP contribution >= 0.6 is 0 Å². The van der Waals surface area contributed by atoms with Crippen molar-refractivity contribution in [1.29, 1.82) is 0 Å². The monoisotopic (exact) mass is 554 g/mol. The van der Waals surface area contributed by atoms with Gasteiger partial charge in [0.1, 0.15) is 28.9 Å². The largest absolute Gasteiger partial charge is 0.496 e. The standard InChI is InChI=1S/C32H34N4O5/c1-6-20-8-10-21(11-9-20)26-17-27(24-16-29(39-4)30(40-5)18-28(24)38-3)36-31(35-26)25(19-33-36)32(37)34-22-12-14-23(15-13-22)41-7-2/h8-19,27,35H,6-7H2,1-5H3,(H,34,37). The molecule has 2 heterocycles. The summed E-state index contributed by atoms with van der Waals surface area (Å²) in [6.45, 7) is 4.63. The van der Waals surface area contributed by atoms with E-state index in [1.165, 1.54) is 5.56 Å². The molecule has 0 fully saturated rings. The molecule has 5 rings (SSSR count). The fourth-order valence-corrected chi connectivity index (χ4v) is 4.86. The first kappa shape index (κ1) is 27.6. The van der Waals surface area contributed by atoms with Gasteiger partial charge in [-0.3, -0.25) is 4.79 Å². The highest BCUT2D eigenvalue weighted by atomic mass is 16.5. The van der Waals surface area contributed by atoms with Crippen LogP contribution in [0.4, 0.5) is 11.5 Å². The summed E-state index contributed by atoms with van der Waals surface area (Å²) >= 11 is 0. The molecule has 1 atom stereocenters. The molecule has 0 radical (unpaired) electrons. The van der Waals surface area contributed by atoms with Crippen molar-refractivity contribution in [2.24, 2.45) is 0 Å². The third-order valence-corrected chi connectivity index (χ3v) is 7.03. The number of ether oxygens (including phenoxy) is 4. The first-order valence-electron chi connectivity index (χ1n) is 13.5. The lowest BCUT2D eigenvalue weighted by Gasteiger charge is -2.28. The Bertz CT molecular complexity index is 1560. The molecule has 0 spiro atoms. The highest BCUT2D eigenvalue weighted by Gasteiger charge is 2.30. The molecule has 1 aliphatic rings. The minimum absolute atomic E-state index is 0.288. The molecule has 4 aromatic rings. The molecule has 0 aliphatic carbocycles. The van der Waals surface area contributed by atoms with Gasteiger partial charge in [0.15, 0.2) is 11.5 Å². The van der Waals surface area contributed by atoms with E-state index in [9.17, 15) is 4.79 Å². The van der Waals surface area contributed by atoms with Gasteiger partial charge in [0, 0.05) is 23.0 Å². The van der Waals surface area contributed by atoms with E-state index in [-0.39, 0.29) is 5.91 Å². The Balaban J connectivity index is 1.57. The van der Waals surface area contributed by atoms with Crippen molar-refractivity contribution in [1.82, 2.24) is 9.78 Å². The van der Waals surface area contributed by atoms with E-state index in [0.29, 0.717) is 40.9 Å². The van der Waals surface area contributed by atoms with Crippen LogP contribution < -0.4 is 29.6 Å². The number of carbonyl (C=O) groups is 1. The Morgan fingerprint density at radius 1 is 0.927 bits per heavy atom. The molecular weight excluding hydrogens is 520 g/mol. The van der Waals surface area contributed by atoms with Crippen LogP contribution in [-0.4, -0.2) is 43.6 Å². The van der Waals surface area contributed by atoms with Crippen molar-refractivity contribution < 1.29 is 23.7 Å². The lowest BCUT2D eigenvalue weighted by atomic mass is 9.98. The van der Waals surface area contributed by atoms with E-state index in [1.807, 2.05) is 37.3 Å². The Morgan fingerprint density at radius 2 is 1.61 bits per heavy atom. The summed E-state index contributed by atoms with van der Waals surface area (Å²) < 4.78 is 24.2. The minimum Gasteiger partial charge on any atom is -0.496 e. The Kier molecular flexibility index (Phi) is 8.14. The van der Waals surface area contributed by atoms with E-state index >= 15 is 0 Å². The van der Waals surface area contributed by atoms with Crippen molar-refractivity contribution in [3.8, 4) is 23.0 Å². The van der Waals surface area contributed by atoms with Gasteiger partial charge in [-0.25, -0.2) is 4.68 Å². The summed E-state index contributed by atoms with van der Waals surface area (Å²) in [7, 11) is 4.79. The molecule has 1 amide bonds. The maximum atomic E-state index is 13.5. The SMILES string of the molecule is CCOc1ccc(NC(=O)c2cnn3c2NC(c2ccc(CC)cc2)=CC3c2cc(OC)c(OC)cc2OC)cc1. The summed E-state index contributed by atoms with van der Waals surface area (Å²) in [6, 6.07) is 18.9. The zero-order valence-corrected chi connectivity index (χ0v) is 23.9. The molecule has 1 unspecified atom stereocenters. The van der Waals surface area contributed by atoms with E-state index in [0.717, 1.165) is 29.0 Å². The molecule has 0 bridgehead atoms. The number of amides is 1. The van der Waals surface area contributed by atoms with Gasteiger partial charge in [0.2, 0.25) is 0 Å². The van der Waals surface area contributed by atoms with Crippen molar-refractivity contribution in [2.75, 3.05) is 38.6 Å². The number of nitrogens with zero attached hydrogens (tertiary/aromatic N) is 2. The van der Waals surface area contributed by atoms with Crippen LogP contribution in [-0.2, 0) is 6.42 Å². The lowest BCUT2D eigenvalue weighted by molar-refractivity contribution is 0.102. The number of fused-ring (bicyclic) bond motifs is 1. The first-order chi connectivity index (χ1) is 20.0. The molecule has 0 saturated heterocycles. The number of hydrogen-bond acceptors (Lipinski definition) is 7. The number of nitrogens with one attached hydrogen (secondary N) is 2. The summed E-state index contributed by atoms with van der Waals surface area (Å²) in [5, 5.41) is 11.1. The third kappa shape index (κ3) is 5.56. The number of aromatic nitrogens is 2. The van der Waals surface area contributed by atoms with Crippen molar-refractivity contribution in [3.05, 3.63) is 95.2 Å². The van der Waals surface area contributed by atoms with Gasteiger partial charge in [-0.2, -0.15) is 5.10 Å². The van der Waals surface area contributed by atoms with Crippen LogP contribution in [0, 0.1) is 0 Å². The summed E-state index contributed by atoms with van der Waals surface area (Å²) in [5.74, 6) is 2.73. The fraction of sp³-hybridized carbons (Fsp3) is 0.250. The molecule has 1 aliphatic heterocycles. The topological polar surface area (TPSA) is 95.9 Å². The number of carbonyl (C=O) groups excluding carboxylic acids is 1. The maximum absolute atomic E-state index is 13.5. The van der Waals surface area contributed by atoms with Crippen LogP contribution in [0.25, 0.3) is 5.70 Å². The molecule has 0 saturated carbocycles. The highest BCUT2D eigenvalue weighted by molar-refractivity contribution is 6.08. The van der Waals surface area contributed by atoms with Gasteiger partial charge in [0.05, 0.1) is 34.1 Å². The number of allylic oxidation sites excluding steroid dienone is 1. The summed E-state index contributed by atoms with van der Waals surface area (Å²) in [6.07, 6.45) is 4.59. The van der Waals surface area contributed by atoms with Crippen molar-refractivity contribution in [2.45, 2.75) is 26.3 Å². The second-order valence-electron chi connectivity index (χ2n) is 9.41. The number of rotatable bonds is 10. The van der Waals surface area contributed by atoms with E-state index in [2.05, 4.69) is 53.0 Å². The average molecular weight is 555 g/mol. The Labute approximate surface area is 239 Å². The van der Waals surface area contributed by atoms with Gasteiger partial charge in [-0.15, -0.1) is 0 Å². The van der Waals surface area contributed by atoms with E-state index in [4.69, 9.17) is 18.9 Å². The maximum Gasteiger partial charge on any atom is 0.261 e. The predicted molar refractivity (Wildman–Crippen MR) is 159 cm³/mol. The molecule has 212 valence electrons. The fourth-order valence-electron chi connectivity index (χ4n) is 4.86. The van der Waals surface area contributed by atoms with Crippen LogP contribution in [0.2, 0.25) is 0 Å². The molecule has 41 heavy (non-hydrogen) atoms. The molecule has 1 aromatic heterocycles. The van der Waals surface area contributed by atoms with Gasteiger partial charge < -0.3 is 29.6 Å². The number of anilines is 2. The first-order valence-corrected chi connectivity index (χ1v) is 13.5. The van der Waals surface area contributed by atoms with E-state index < -0.39 is 6.04 Å². The summed E-state index contributed by atoms with van der Waals surface area (Å²) in [5.41, 5.74) is 4.92. The molecule has 9 nitrogen and oxygen atoms in total. The van der Waals surface area contributed by atoms with Gasteiger partial charge in [0.25, 0.3) is 5.91 Å². The number of hydrogen-bond donors (Lipinski definition) is 2. The zero-order valence-electron chi connectivity index (χ0n) is 23.9. The van der Waals surface area contributed by atoms with Crippen LogP contribution in [0.15, 0.2) is 72.9 Å². The molecule has 9 heteroatoms. The van der Waals surface area contributed by atoms with Crippen molar-refractivity contribution >= 4 is 23.1 Å². The van der Waals surface area contributed by atoms with Gasteiger partial charge >= 0.3 is 0 Å². The number of aryl methyl sites for hydroxylation is 1. The highest BCUT2D eigenvalue weighted by Crippen LogP contribution is 2.43. The Hall–Kier alpha value is -4.92.